The molecule has 1 aliphatic carbocycles. The Morgan fingerprint density at radius 1 is 1.24 bits per heavy atom. The molecule has 1 aliphatic rings. The van der Waals surface area contributed by atoms with Crippen molar-refractivity contribution in [1.29, 1.82) is 0 Å². The Kier molecular flexibility index (Phi) is 2.48. The molecule has 2 aromatic rings. The lowest BCUT2D eigenvalue weighted by atomic mass is 10.2. The third kappa shape index (κ3) is 1.76. The van der Waals surface area contributed by atoms with Crippen LogP contribution in [0, 0.1) is 0 Å². The predicted molar refractivity (Wildman–Crippen MR) is 67.3 cm³/mol. The molecule has 0 spiro atoms. The number of hydrogen-bond donors (Lipinski definition) is 1. The Morgan fingerprint density at radius 2 is 2.06 bits per heavy atom. The van der Waals surface area contributed by atoms with Crippen LogP contribution in [0.5, 0.6) is 0 Å². The van der Waals surface area contributed by atoms with Crippen LogP contribution in [0.25, 0.3) is 11.4 Å². The summed E-state index contributed by atoms with van der Waals surface area (Å²) in [7, 11) is 0. The zero-order valence-electron chi connectivity index (χ0n) is 9.16. The summed E-state index contributed by atoms with van der Waals surface area (Å²) < 4.78 is 0. The van der Waals surface area contributed by atoms with Crippen molar-refractivity contribution in [3.05, 3.63) is 50.9 Å². The molecule has 1 heterocycles. The van der Waals surface area contributed by atoms with Crippen molar-refractivity contribution in [1.82, 2.24) is 9.97 Å². The van der Waals surface area contributed by atoms with Crippen molar-refractivity contribution in [2.45, 2.75) is 19.3 Å². The third-order valence-corrected chi connectivity index (χ3v) is 3.40. The first-order chi connectivity index (χ1) is 8.25. The average Bonchev–Trinajstić information content (AvgIpc) is 2.78. The fourth-order valence-corrected chi connectivity index (χ4v) is 2.45. The maximum atomic E-state index is 11.9. The number of aryl methyl sites for hydroxylation is 1. The van der Waals surface area contributed by atoms with E-state index >= 15 is 0 Å². The van der Waals surface area contributed by atoms with Gasteiger partial charge in [-0.1, -0.05) is 23.7 Å². The van der Waals surface area contributed by atoms with Crippen molar-refractivity contribution in [3.8, 4) is 11.4 Å². The van der Waals surface area contributed by atoms with Gasteiger partial charge in [0, 0.05) is 11.1 Å². The van der Waals surface area contributed by atoms with Crippen molar-refractivity contribution >= 4 is 11.6 Å². The Morgan fingerprint density at radius 3 is 2.88 bits per heavy atom. The van der Waals surface area contributed by atoms with Gasteiger partial charge in [0.15, 0.2) is 0 Å². The maximum Gasteiger partial charge on any atom is 0.254 e. The second kappa shape index (κ2) is 4.00. The van der Waals surface area contributed by atoms with Gasteiger partial charge in [-0.15, -0.1) is 0 Å². The number of H-pyrrole nitrogens is 1. The molecule has 0 amide bonds. The van der Waals surface area contributed by atoms with E-state index in [1.165, 1.54) is 0 Å². The van der Waals surface area contributed by atoms with Crippen LogP contribution >= 0.6 is 11.6 Å². The van der Waals surface area contributed by atoms with Crippen LogP contribution in [0.1, 0.15) is 17.7 Å². The molecule has 0 atom stereocenters. The van der Waals surface area contributed by atoms with Gasteiger partial charge < -0.3 is 4.98 Å². The van der Waals surface area contributed by atoms with Gasteiger partial charge in [-0.25, -0.2) is 4.98 Å². The molecule has 1 aromatic carbocycles. The molecular weight excluding hydrogens is 236 g/mol. The number of aromatic amines is 1. The predicted octanol–water partition coefficient (Wildman–Crippen LogP) is 2.58. The molecule has 86 valence electrons. The summed E-state index contributed by atoms with van der Waals surface area (Å²) in [6.07, 6.45) is 2.73. The SMILES string of the molecule is O=c1[nH]c(-c2ccccc2Cl)nc2c1CCC2. The number of halogens is 1. The molecule has 1 aromatic heterocycles. The standard InChI is InChI=1S/C13H11ClN2O/c14-10-6-2-1-4-8(10)12-15-11-7-3-5-9(11)13(17)16-12/h1-2,4,6H,3,5,7H2,(H,15,16,17). The summed E-state index contributed by atoms with van der Waals surface area (Å²) in [6, 6.07) is 7.40. The zero-order valence-corrected chi connectivity index (χ0v) is 9.92. The summed E-state index contributed by atoms with van der Waals surface area (Å²) >= 11 is 6.10. The minimum absolute atomic E-state index is 0.0255. The maximum absolute atomic E-state index is 11.9. The van der Waals surface area contributed by atoms with Gasteiger partial charge in [-0.05, 0) is 31.4 Å². The quantitative estimate of drug-likeness (QED) is 0.841. The van der Waals surface area contributed by atoms with E-state index in [2.05, 4.69) is 9.97 Å². The van der Waals surface area contributed by atoms with E-state index in [4.69, 9.17) is 11.6 Å². The van der Waals surface area contributed by atoms with Gasteiger partial charge in [0.2, 0.25) is 0 Å². The number of benzene rings is 1. The molecule has 3 nitrogen and oxygen atoms in total. The minimum atomic E-state index is -0.0255. The molecule has 0 fully saturated rings. The highest BCUT2D eigenvalue weighted by Crippen LogP contribution is 2.25. The molecular formula is C13H11ClN2O. The average molecular weight is 247 g/mol. The number of rotatable bonds is 1. The highest BCUT2D eigenvalue weighted by Gasteiger charge is 2.18. The van der Waals surface area contributed by atoms with E-state index in [1.807, 2.05) is 18.2 Å². The van der Waals surface area contributed by atoms with Gasteiger partial charge in [0.05, 0.1) is 10.7 Å². The molecule has 0 aliphatic heterocycles. The number of nitrogens with one attached hydrogen (secondary N) is 1. The number of fused-ring (bicyclic) bond motifs is 1. The largest absolute Gasteiger partial charge is 0.306 e. The summed E-state index contributed by atoms with van der Waals surface area (Å²) in [5.41, 5.74) is 2.51. The van der Waals surface area contributed by atoms with Gasteiger partial charge in [-0.2, -0.15) is 0 Å². The lowest BCUT2D eigenvalue weighted by Gasteiger charge is -2.05. The Bertz CT molecular complexity index is 634. The lowest BCUT2D eigenvalue weighted by Crippen LogP contribution is -2.15. The molecule has 17 heavy (non-hydrogen) atoms. The first-order valence-corrected chi connectivity index (χ1v) is 6.00. The third-order valence-electron chi connectivity index (χ3n) is 3.07. The van der Waals surface area contributed by atoms with Gasteiger partial charge in [0.25, 0.3) is 5.56 Å². The monoisotopic (exact) mass is 246 g/mol. The van der Waals surface area contributed by atoms with Crippen molar-refractivity contribution < 1.29 is 0 Å². The Labute approximate surface area is 103 Å². The fourth-order valence-electron chi connectivity index (χ4n) is 2.22. The van der Waals surface area contributed by atoms with Crippen LogP contribution in [0.2, 0.25) is 5.02 Å². The molecule has 4 heteroatoms. The highest BCUT2D eigenvalue weighted by molar-refractivity contribution is 6.33. The van der Waals surface area contributed by atoms with E-state index in [0.29, 0.717) is 10.8 Å². The summed E-state index contributed by atoms with van der Waals surface area (Å²) in [5.74, 6) is 0.571. The van der Waals surface area contributed by atoms with Crippen LogP contribution in [0.4, 0.5) is 0 Å². The minimum Gasteiger partial charge on any atom is -0.306 e. The molecule has 0 saturated heterocycles. The molecule has 0 saturated carbocycles. The van der Waals surface area contributed by atoms with Crippen LogP contribution in [0.15, 0.2) is 29.1 Å². The van der Waals surface area contributed by atoms with Crippen molar-refractivity contribution in [3.63, 3.8) is 0 Å². The highest BCUT2D eigenvalue weighted by atomic mass is 35.5. The van der Waals surface area contributed by atoms with Crippen LogP contribution in [-0.4, -0.2) is 9.97 Å². The molecule has 0 bridgehead atoms. The topological polar surface area (TPSA) is 45.8 Å². The van der Waals surface area contributed by atoms with Gasteiger partial charge in [-0.3, -0.25) is 4.79 Å². The van der Waals surface area contributed by atoms with Gasteiger partial charge >= 0.3 is 0 Å². The summed E-state index contributed by atoms with van der Waals surface area (Å²) in [5, 5.41) is 0.605. The van der Waals surface area contributed by atoms with Crippen LogP contribution < -0.4 is 5.56 Å². The Balaban J connectivity index is 2.20. The molecule has 3 rings (SSSR count). The first-order valence-electron chi connectivity index (χ1n) is 5.62. The zero-order chi connectivity index (χ0) is 11.8. The Hall–Kier alpha value is -1.61. The van der Waals surface area contributed by atoms with E-state index in [1.54, 1.807) is 6.07 Å². The fraction of sp³-hybridized carbons (Fsp3) is 0.231. The second-order valence-electron chi connectivity index (χ2n) is 4.17. The van der Waals surface area contributed by atoms with Gasteiger partial charge in [0.1, 0.15) is 5.82 Å². The second-order valence-corrected chi connectivity index (χ2v) is 4.58. The summed E-state index contributed by atoms with van der Waals surface area (Å²) in [6.45, 7) is 0. The lowest BCUT2D eigenvalue weighted by molar-refractivity contribution is 0.899. The number of nitrogens with zero attached hydrogens (tertiary/aromatic N) is 1. The normalized spacial score (nSPS) is 13.7. The van der Waals surface area contributed by atoms with Crippen LogP contribution in [-0.2, 0) is 12.8 Å². The smallest absolute Gasteiger partial charge is 0.254 e. The molecule has 0 radical (unpaired) electrons. The summed E-state index contributed by atoms with van der Waals surface area (Å²) in [4.78, 5) is 19.2. The van der Waals surface area contributed by atoms with Crippen molar-refractivity contribution in [2.24, 2.45) is 0 Å². The van der Waals surface area contributed by atoms with E-state index in [-0.39, 0.29) is 5.56 Å². The first kappa shape index (κ1) is 10.5. The van der Waals surface area contributed by atoms with E-state index in [9.17, 15) is 4.79 Å². The number of aromatic nitrogens is 2. The van der Waals surface area contributed by atoms with E-state index in [0.717, 1.165) is 36.1 Å². The van der Waals surface area contributed by atoms with Crippen LogP contribution in [0.3, 0.4) is 0 Å². The number of hydrogen-bond acceptors (Lipinski definition) is 2. The van der Waals surface area contributed by atoms with Crippen molar-refractivity contribution in [2.75, 3.05) is 0 Å². The molecule has 1 N–H and O–H groups in total. The van der Waals surface area contributed by atoms with E-state index < -0.39 is 0 Å². The molecule has 0 unspecified atom stereocenters.